The second kappa shape index (κ2) is 6.02. The summed E-state index contributed by atoms with van der Waals surface area (Å²) in [5.74, 6) is 0. The van der Waals surface area contributed by atoms with Crippen LogP contribution in [0.3, 0.4) is 0 Å². The second-order valence-corrected chi connectivity index (χ2v) is 9.98. The maximum absolute atomic E-state index is 13.5. The zero-order chi connectivity index (χ0) is 18.6. The van der Waals surface area contributed by atoms with Crippen LogP contribution in [0.25, 0.3) is 0 Å². The van der Waals surface area contributed by atoms with Gasteiger partial charge in [0.1, 0.15) is 0 Å². The third-order valence-electron chi connectivity index (χ3n) is 4.97. The molecule has 0 unspecified atom stereocenters. The summed E-state index contributed by atoms with van der Waals surface area (Å²) in [6.45, 7) is 8.32. The SMILES string of the molecule is Cc1cc(Br)ccc1S(=O)(=O)N1CC(C)(C)N(C)c2cccc(C)c21. The lowest BCUT2D eigenvalue weighted by molar-refractivity contribution is 0.479. The zero-order valence-corrected chi connectivity index (χ0v) is 17.6. The molecule has 0 atom stereocenters. The maximum atomic E-state index is 13.5. The van der Waals surface area contributed by atoms with Crippen LogP contribution in [0.2, 0.25) is 0 Å². The standard InChI is InChI=1S/C19H23BrN2O2S/c1-13-7-6-8-16-18(13)22(12-19(3,4)21(16)5)25(23,24)17-10-9-15(20)11-14(17)2/h6-11H,12H2,1-5H3. The lowest BCUT2D eigenvalue weighted by Gasteiger charge is -2.48. The van der Waals surface area contributed by atoms with E-state index in [-0.39, 0.29) is 5.54 Å². The Hall–Kier alpha value is -1.53. The highest BCUT2D eigenvalue weighted by Crippen LogP contribution is 2.43. The van der Waals surface area contributed by atoms with Gasteiger partial charge < -0.3 is 4.90 Å². The first kappa shape index (κ1) is 18.3. The molecule has 0 spiro atoms. The first-order chi connectivity index (χ1) is 11.6. The van der Waals surface area contributed by atoms with E-state index in [1.165, 1.54) is 0 Å². The third kappa shape index (κ3) is 2.95. The van der Waals surface area contributed by atoms with E-state index in [0.717, 1.165) is 27.0 Å². The summed E-state index contributed by atoms with van der Waals surface area (Å²) in [6, 6.07) is 11.2. The van der Waals surface area contributed by atoms with Crippen LogP contribution < -0.4 is 9.21 Å². The van der Waals surface area contributed by atoms with Crippen LogP contribution in [-0.2, 0) is 10.0 Å². The highest BCUT2D eigenvalue weighted by Gasteiger charge is 2.41. The number of aryl methyl sites for hydroxylation is 2. The summed E-state index contributed by atoms with van der Waals surface area (Å²) in [5, 5.41) is 0. The highest BCUT2D eigenvalue weighted by molar-refractivity contribution is 9.10. The van der Waals surface area contributed by atoms with Crippen molar-refractivity contribution in [3.05, 3.63) is 52.0 Å². The lowest BCUT2D eigenvalue weighted by Crippen LogP contribution is -2.56. The van der Waals surface area contributed by atoms with E-state index in [1.807, 2.05) is 45.2 Å². The Morgan fingerprint density at radius 3 is 2.40 bits per heavy atom. The fourth-order valence-electron chi connectivity index (χ4n) is 3.33. The van der Waals surface area contributed by atoms with Crippen molar-refractivity contribution in [1.82, 2.24) is 0 Å². The topological polar surface area (TPSA) is 40.6 Å². The molecule has 25 heavy (non-hydrogen) atoms. The van der Waals surface area contributed by atoms with Crippen LogP contribution in [0.1, 0.15) is 25.0 Å². The van der Waals surface area contributed by atoms with Gasteiger partial charge in [-0.15, -0.1) is 0 Å². The number of fused-ring (bicyclic) bond motifs is 1. The van der Waals surface area contributed by atoms with Gasteiger partial charge in [-0.25, -0.2) is 8.42 Å². The number of benzene rings is 2. The minimum absolute atomic E-state index is 0.308. The van der Waals surface area contributed by atoms with E-state index in [9.17, 15) is 8.42 Å². The van der Waals surface area contributed by atoms with Crippen molar-refractivity contribution in [2.75, 3.05) is 22.8 Å². The molecule has 0 saturated heterocycles. The number of para-hydroxylation sites is 1. The number of anilines is 2. The normalized spacial score (nSPS) is 16.7. The Bertz CT molecular complexity index is 938. The molecule has 134 valence electrons. The number of nitrogens with zero attached hydrogens (tertiary/aromatic N) is 2. The molecule has 1 aliphatic heterocycles. The quantitative estimate of drug-likeness (QED) is 0.715. The molecule has 0 amide bonds. The Kier molecular flexibility index (Phi) is 4.40. The number of likely N-dealkylation sites (N-methyl/N-ethyl adjacent to an activating group) is 1. The fourth-order valence-corrected chi connectivity index (χ4v) is 5.71. The molecule has 0 radical (unpaired) electrons. The molecule has 0 N–H and O–H groups in total. The minimum Gasteiger partial charge on any atom is -0.366 e. The molecule has 0 aliphatic carbocycles. The van der Waals surface area contributed by atoms with E-state index in [0.29, 0.717) is 11.4 Å². The van der Waals surface area contributed by atoms with Crippen molar-refractivity contribution in [2.24, 2.45) is 0 Å². The molecular weight excluding hydrogens is 400 g/mol. The zero-order valence-electron chi connectivity index (χ0n) is 15.2. The summed E-state index contributed by atoms with van der Waals surface area (Å²) in [6.07, 6.45) is 0. The van der Waals surface area contributed by atoms with Gasteiger partial charge in [-0.3, -0.25) is 4.31 Å². The van der Waals surface area contributed by atoms with Crippen molar-refractivity contribution in [3.8, 4) is 0 Å². The van der Waals surface area contributed by atoms with Crippen molar-refractivity contribution in [2.45, 2.75) is 38.1 Å². The first-order valence-corrected chi connectivity index (χ1v) is 10.4. The third-order valence-corrected chi connectivity index (χ3v) is 7.37. The Balaban J connectivity index is 2.24. The second-order valence-electron chi connectivity index (χ2n) is 7.24. The van der Waals surface area contributed by atoms with Gasteiger partial charge in [-0.05, 0) is 63.1 Å². The van der Waals surface area contributed by atoms with Crippen LogP contribution in [0.5, 0.6) is 0 Å². The van der Waals surface area contributed by atoms with E-state index < -0.39 is 10.0 Å². The van der Waals surface area contributed by atoms with Gasteiger partial charge in [0.2, 0.25) is 0 Å². The van der Waals surface area contributed by atoms with Crippen molar-refractivity contribution in [1.29, 1.82) is 0 Å². The molecule has 1 heterocycles. The first-order valence-electron chi connectivity index (χ1n) is 8.18. The molecule has 4 nitrogen and oxygen atoms in total. The summed E-state index contributed by atoms with van der Waals surface area (Å²) < 4.78 is 29.5. The molecule has 0 saturated carbocycles. The average Bonchev–Trinajstić information content (AvgIpc) is 2.50. The molecule has 0 bridgehead atoms. The molecule has 0 aromatic heterocycles. The molecule has 1 aliphatic rings. The van der Waals surface area contributed by atoms with Crippen LogP contribution >= 0.6 is 15.9 Å². The van der Waals surface area contributed by atoms with Gasteiger partial charge >= 0.3 is 0 Å². The number of hydrogen-bond donors (Lipinski definition) is 0. The summed E-state index contributed by atoms with van der Waals surface area (Å²) >= 11 is 3.41. The van der Waals surface area contributed by atoms with Gasteiger partial charge in [0, 0.05) is 11.5 Å². The predicted octanol–water partition coefficient (Wildman–Crippen LogP) is 4.49. The number of rotatable bonds is 2. The van der Waals surface area contributed by atoms with E-state index in [1.54, 1.807) is 16.4 Å². The number of sulfonamides is 1. The molecular formula is C19H23BrN2O2S. The molecule has 6 heteroatoms. The Labute approximate surface area is 158 Å². The molecule has 2 aromatic rings. The van der Waals surface area contributed by atoms with Crippen LogP contribution in [0, 0.1) is 13.8 Å². The van der Waals surface area contributed by atoms with Gasteiger partial charge in [-0.2, -0.15) is 0 Å². The average molecular weight is 423 g/mol. The summed E-state index contributed by atoms with van der Waals surface area (Å²) in [7, 11) is -1.63. The highest BCUT2D eigenvalue weighted by atomic mass is 79.9. The molecule has 2 aromatic carbocycles. The molecule has 3 rings (SSSR count). The summed E-state index contributed by atoms with van der Waals surface area (Å²) in [4.78, 5) is 2.51. The van der Waals surface area contributed by atoms with Crippen molar-refractivity contribution >= 4 is 37.3 Å². The monoisotopic (exact) mass is 422 g/mol. The maximum Gasteiger partial charge on any atom is 0.264 e. The van der Waals surface area contributed by atoms with Gasteiger partial charge in [0.15, 0.2) is 0 Å². The lowest BCUT2D eigenvalue weighted by atomic mass is 9.97. The van der Waals surface area contributed by atoms with Gasteiger partial charge in [0.25, 0.3) is 10.0 Å². The predicted molar refractivity (Wildman–Crippen MR) is 107 cm³/mol. The van der Waals surface area contributed by atoms with Gasteiger partial charge in [-0.1, -0.05) is 28.1 Å². The summed E-state index contributed by atoms with van der Waals surface area (Å²) in [5.41, 5.74) is 3.09. The van der Waals surface area contributed by atoms with Crippen molar-refractivity contribution in [3.63, 3.8) is 0 Å². The van der Waals surface area contributed by atoms with E-state index >= 15 is 0 Å². The van der Waals surface area contributed by atoms with Gasteiger partial charge in [0.05, 0.1) is 28.4 Å². The number of halogens is 1. The van der Waals surface area contributed by atoms with Crippen molar-refractivity contribution < 1.29 is 8.42 Å². The smallest absolute Gasteiger partial charge is 0.264 e. The van der Waals surface area contributed by atoms with Crippen LogP contribution in [0.15, 0.2) is 45.8 Å². The minimum atomic E-state index is -3.65. The largest absolute Gasteiger partial charge is 0.366 e. The van der Waals surface area contributed by atoms with E-state index in [4.69, 9.17) is 0 Å². The fraction of sp³-hybridized carbons (Fsp3) is 0.368. The van der Waals surface area contributed by atoms with Crippen LogP contribution in [-0.4, -0.2) is 27.5 Å². The number of hydrogen-bond acceptors (Lipinski definition) is 3. The van der Waals surface area contributed by atoms with E-state index in [2.05, 4.69) is 34.7 Å². The Morgan fingerprint density at radius 2 is 1.76 bits per heavy atom. The Morgan fingerprint density at radius 1 is 1.08 bits per heavy atom. The molecule has 0 fully saturated rings. The van der Waals surface area contributed by atoms with Crippen LogP contribution in [0.4, 0.5) is 11.4 Å².